The molecule has 1 heterocycles. The van der Waals surface area contributed by atoms with Crippen LogP contribution < -0.4 is 20.3 Å². The minimum Gasteiger partial charge on any atom is -0.490 e. The lowest BCUT2D eigenvalue weighted by atomic mass is 9.86. The van der Waals surface area contributed by atoms with Crippen LogP contribution in [0.25, 0.3) is 10.9 Å². The lowest BCUT2D eigenvalue weighted by Gasteiger charge is -2.29. The average molecular weight is 593 g/mol. The van der Waals surface area contributed by atoms with Crippen LogP contribution in [0.2, 0.25) is 0 Å². The summed E-state index contributed by atoms with van der Waals surface area (Å²) in [6.07, 6.45) is -1.39. The highest BCUT2D eigenvalue weighted by Gasteiger charge is 2.38. The van der Waals surface area contributed by atoms with Gasteiger partial charge in [0.15, 0.2) is 5.75 Å². The number of nitro groups is 1. The number of nitrogens with zero attached hydrogens (tertiary/aromatic N) is 4. The third-order valence-corrected chi connectivity index (χ3v) is 6.63. The number of hydrogen-bond acceptors (Lipinski definition) is 9. The van der Waals surface area contributed by atoms with Crippen LogP contribution in [0.15, 0.2) is 42.5 Å². The van der Waals surface area contributed by atoms with Crippen molar-refractivity contribution in [3.8, 4) is 5.75 Å². The average Bonchev–Trinajstić information content (AvgIpc) is 2.95. The summed E-state index contributed by atoms with van der Waals surface area (Å²) >= 11 is 0. The molecule has 226 valence electrons. The van der Waals surface area contributed by atoms with Gasteiger partial charge in [-0.1, -0.05) is 18.2 Å². The molecule has 1 aromatic heterocycles. The first kappa shape index (κ1) is 31.8. The van der Waals surface area contributed by atoms with E-state index in [0.29, 0.717) is 18.4 Å². The predicted molar refractivity (Wildman–Crippen MR) is 149 cm³/mol. The van der Waals surface area contributed by atoms with Crippen molar-refractivity contribution in [2.45, 2.75) is 37.9 Å². The van der Waals surface area contributed by atoms with Gasteiger partial charge in [-0.2, -0.15) is 18.2 Å². The molecular weight excluding hydrogens is 561 g/mol. The van der Waals surface area contributed by atoms with E-state index in [9.17, 15) is 28.1 Å². The number of anilines is 2. The maximum Gasteiger partial charge on any atom is 0.490 e. The smallest absolute Gasteiger partial charge is 0.490 e. The predicted octanol–water partition coefficient (Wildman–Crippen LogP) is 4.65. The number of halogens is 3. The Labute approximate surface area is 239 Å². The fraction of sp³-hybridized carbons (Fsp3) is 0.407. The number of hydrogen-bond donors (Lipinski definition) is 3. The molecule has 0 aliphatic heterocycles. The third kappa shape index (κ3) is 8.17. The lowest BCUT2D eigenvalue weighted by Crippen LogP contribution is -2.34. The largest absolute Gasteiger partial charge is 0.490 e. The molecule has 0 unspecified atom stereocenters. The van der Waals surface area contributed by atoms with Crippen molar-refractivity contribution in [2.75, 3.05) is 38.0 Å². The van der Waals surface area contributed by atoms with Gasteiger partial charge in [0.2, 0.25) is 5.95 Å². The zero-order valence-corrected chi connectivity index (χ0v) is 23.1. The number of carbonyl (C=O) groups is 2. The number of aliphatic carboxylic acids is 1. The van der Waals surface area contributed by atoms with Crippen molar-refractivity contribution in [1.29, 1.82) is 0 Å². The van der Waals surface area contributed by atoms with Crippen molar-refractivity contribution in [3.63, 3.8) is 0 Å². The van der Waals surface area contributed by atoms with Crippen LogP contribution in [-0.2, 0) is 4.79 Å². The van der Waals surface area contributed by atoms with Gasteiger partial charge in [0.05, 0.1) is 17.5 Å². The number of para-hydroxylation sites is 2. The molecule has 3 aromatic rings. The number of nitrogens with one attached hydrogen (secondary N) is 2. The molecule has 42 heavy (non-hydrogen) atoms. The van der Waals surface area contributed by atoms with Crippen LogP contribution in [0.1, 0.15) is 36.0 Å². The third-order valence-electron chi connectivity index (χ3n) is 6.63. The zero-order valence-electron chi connectivity index (χ0n) is 23.1. The number of carbonyl (C=O) groups excluding carboxylic acids is 1. The van der Waals surface area contributed by atoms with Crippen LogP contribution in [0.5, 0.6) is 5.75 Å². The Morgan fingerprint density at radius 2 is 1.74 bits per heavy atom. The van der Waals surface area contributed by atoms with Gasteiger partial charge >= 0.3 is 17.8 Å². The summed E-state index contributed by atoms with van der Waals surface area (Å²) in [5.74, 6) is -1.35. The molecular formula is C27H31F3N6O6. The summed E-state index contributed by atoms with van der Waals surface area (Å²) in [6, 6.07) is 12.7. The second-order valence-electron chi connectivity index (χ2n) is 9.77. The molecule has 15 heteroatoms. The molecule has 2 aromatic carbocycles. The van der Waals surface area contributed by atoms with Gasteiger partial charge < -0.3 is 25.4 Å². The monoisotopic (exact) mass is 592 g/mol. The normalized spacial score (nSPS) is 16.5. The Bertz CT molecular complexity index is 1430. The first-order valence-electron chi connectivity index (χ1n) is 12.9. The minimum absolute atomic E-state index is 0.00912. The van der Waals surface area contributed by atoms with Crippen molar-refractivity contribution >= 4 is 40.2 Å². The molecule has 1 amide bonds. The summed E-state index contributed by atoms with van der Waals surface area (Å²) in [5, 5.41) is 25.9. The van der Waals surface area contributed by atoms with Gasteiger partial charge in [-0.3, -0.25) is 14.9 Å². The van der Waals surface area contributed by atoms with E-state index in [1.165, 1.54) is 19.2 Å². The molecule has 1 aliphatic rings. The van der Waals surface area contributed by atoms with Gasteiger partial charge in [-0.15, -0.1) is 0 Å². The van der Waals surface area contributed by atoms with Crippen LogP contribution >= 0.6 is 0 Å². The maximum absolute atomic E-state index is 12.7. The summed E-state index contributed by atoms with van der Waals surface area (Å²) < 4.78 is 36.8. The Balaban J connectivity index is 0.000000616. The van der Waals surface area contributed by atoms with Crippen molar-refractivity contribution in [3.05, 3.63) is 58.1 Å². The number of carboxylic acids is 1. The van der Waals surface area contributed by atoms with E-state index in [2.05, 4.69) is 15.6 Å². The number of fused-ring (bicyclic) bond motifs is 1. The minimum atomic E-state index is -5.08. The quantitative estimate of drug-likeness (QED) is 0.248. The Morgan fingerprint density at radius 3 is 2.31 bits per heavy atom. The molecule has 4 rings (SSSR count). The summed E-state index contributed by atoms with van der Waals surface area (Å²) in [5.41, 5.74) is 0.597. The fourth-order valence-electron chi connectivity index (χ4n) is 4.55. The van der Waals surface area contributed by atoms with Gasteiger partial charge in [0, 0.05) is 32.1 Å². The molecule has 0 bridgehead atoms. The van der Waals surface area contributed by atoms with Gasteiger partial charge in [-0.05, 0) is 55.9 Å². The van der Waals surface area contributed by atoms with Gasteiger partial charge in [0.25, 0.3) is 5.91 Å². The summed E-state index contributed by atoms with van der Waals surface area (Å²) in [7, 11) is 5.29. The molecule has 0 atom stereocenters. The highest BCUT2D eigenvalue weighted by atomic mass is 19.4. The number of amides is 1. The molecule has 1 fully saturated rings. The number of rotatable bonds is 8. The first-order chi connectivity index (χ1) is 19.8. The number of nitro benzene ring substituents is 1. The highest BCUT2D eigenvalue weighted by Crippen LogP contribution is 2.31. The van der Waals surface area contributed by atoms with E-state index >= 15 is 0 Å². The second kappa shape index (κ2) is 13.8. The number of methoxy groups -OCH3 is 1. The first-order valence-corrected chi connectivity index (χ1v) is 12.9. The fourth-order valence-corrected chi connectivity index (χ4v) is 4.55. The van der Waals surface area contributed by atoms with Gasteiger partial charge in [0.1, 0.15) is 11.4 Å². The van der Waals surface area contributed by atoms with E-state index in [4.69, 9.17) is 19.6 Å². The van der Waals surface area contributed by atoms with E-state index in [1.54, 1.807) is 6.07 Å². The Kier molecular flexibility index (Phi) is 10.4. The molecule has 0 radical (unpaired) electrons. The van der Waals surface area contributed by atoms with Crippen molar-refractivity contribution < 1.29 is 37.5 Å². The molecule has 0 spiro atoms. The van der Waals surface area contributed by atoms with Crippen LogP contribution in [0, 0.1) is 16.0 Å². The molecule has 1 saturated carbocycles. The van der Waals surface area contributed by atoms with E-state index < -0.39 is 23.0 Å². The SMILES string of the molecule is COc1cccc(C(=O)NCC2CCC(Nc3nc(N(C)C)c4ccccc4n3)CC2)c1[N+](=O)[O-].O=C(O)C(F)(F)F. The maximum atomic E-state index is 12.7. The Hall–Kier alpha value is -4.69. The lowest BCUT2D eigenvalue weighted by molar-refractivity contribution is -0.386. The second-order valence-corrected chi connectivity index (χ2v) is 9.77. The number of benzene rings is 2. The number of ether oxygens (including phenoxy) is 1. The number of aromatic nitrogens is 2. The highest BCUT2D eigenvalue weighted by molar-refractivity contribution is 5.99. The summed E-state index contributed by atoms with van der Waals surface area (Å²) in [6.45, 7) is 0.469. The number of alkyl halides is 3. The zero-order chi connectivity index (χ0) is 31.0. The molecule has 1 aliphatic carbocycles. The topological polar surface area (TPSA) is 160 Å². The Morgan fingerprint density at radius 1 is 1.10 bits per heavy atom. The van der Waals surface area contributed by atoms with Gasteiger partial charge in [-0.25, -0.2) is 9.78 Å². The van der Waals surface area contributed by atoms with Crippen molar-refractivity contribution in [1.82, 2.24) is 15.3 Å². The number of carboxylic acid groups (broad SMARTS) is 1. The van der Waals surface area contributed by atoms with Crippen LogP contribution in [0.4, 0.5) is 30.6 Å². The van der Waals surface area contributed by atoms with Crippen LogP contribution in [-0.4, -0.2) is 71.8 Å². The summed E-state index contributed by atoms with van der Waals surface area (Å²) in [4.78, 5) is 43.8. The standard InChI is InChI=1S/C25H30N6O4.C2HF3O2/c1-30(2)23-18-7-4-5-9-20(18)28-25(29-23)27-17-13-11-16(12-14-17)15-26-24(32)19-8-6-10-21(35-3)22(19)31(33)34;3-2(4,5)1(6)7/h4-10,16-17H,11-15H2,1-3H3,(H,26,32)(H,27,28,29);(H,6,7). The van der Waals surface area contributed by atoms with E-state index in [-0.39, 0.29) is 23.0 Å². The van der Waals surface area contributed by atoms with E-state index in [1.807, 2.05) is 43.3 Å². The molecule has 0 saturated heterocycles. The molecule has 3 N–H and O–H groups in total. The molecule has 12 nitrogen and oxygen atoms in total. The van der Waals surface area contributed by atoms with Crippen molar-refractivity contribution in [2.24, 2.45) is 5.92 Å². The van der Waals surface area contributed by atoms with Crippen LogP contribution in [0.3, 0.4) is 0 Å². The van der Waals surface area contributed by atoms with E-state index in [0.717, 1.165) is 42.4 Å².